The summed E-state index contributed by atoms with van der Waals surface area (Å²) in [7, 11) is 0. The second-order valence-electron chi connectivity index (χ2n) is 0.149. The quantitative estimate of drug-likeness (QED) is 0.404. The third kappa shape index (κ3) is 2110. The molecular formula is H2O6V2. The van der Waals surface area contributed by atoms with Gasteiger partial charge in [0.1, 0.15) is 0 Å². The van der Waals surface area contributed by atoms with E-state index < -0.39 is 32.4 Å². The van der Waals surface area contributed by atoms with E-state index in [0.29, 0.717) is 0 Å². The molecule has 0 unspecified atom stereocenters. The molecule has 0 aliphatic rings. The van der Waals surface area contributed by atoms with Crippen LogP contribution in [0.1, 0.15) is 0 Å². The molecule has 0 aliphatic carbocycles. The van der Waals surface area contributed by atoms with Crippen molar-refractivity contribution in [3.63, 3.8) is 0 Å². The zero-order chi connectivity index (χ0) is 7.41. The van der Waals surface area contributed by atoms with Gasteiger partial charge in [0.25, 0.3) is 0 Å². The van der Waals surface area contributed by atoms with Crippen LogP contribution in [0.25, 0.3) is 0 Å². The Morgan fingerprint density at radius 1 is 0.750 bits per heavy atom. The second kappa shape index (κ2) is 55.0. The molecule has 0 saturated heterocycles. The van der Waals surface area contributed by atoms with Crippen molar-refractivity contribution in [2.24, 2.45) is 0 Å². The first-order valence-corrected chi connectivity index (χ1v) is 3.21. The van der Waals surface area contributed by atoms with E-state index in [1.807, 2.05) is 0 Å². The van der Waals surface area contributed by atoms with E-state index in [9.17, 15) is 0 Å². The van der Waals surface area contributed by atoms with Crippen molar-refractivity contribution in [1.82, 2.24) is 0 Å². The van der Waals surface area contributed by atoms with Crippen molar-refractivity contribution in [3.8, 4) is 0 Å². The van der Waals surface area contributed by atoms with Crippen LogP contribution < -0.4 is 0 Å². The minimum absolute atomic E-state index is 1.81. The molecule has 2 N–H and O–H groups in total. The molecule has 0 spiro atoms. The molecular weight excluding hydrogens is 198 g/mol. The SMILES string of the molecule is OO.[O]=[V]=[O].[O]=[V]=[O]. The van der Waals surface area contributed by atoms with Crippen LogP contribution in [-0.2, 0) is 47.1 Å². The van der Waals surface area contributed by atoms with Crippen LogP contribution in [-0.4, -0.2) is 10.5 Å². The molecule has 0 amide bonds. The summed E-state index contributed by atoms with van der Waals surface area (Å²) in [6.45, 7) is 0. The van der Waals surface area contributed by atoms with E-state index in [1.165, 1.54) is 0 Å². The van der Waals surface area contributed by atoms with E-state index in [-0.39, 0.29) is 0 Å². The van der Waals surface area contributed by atoms with E-state index >= 15 is 0 Å². The van der Waals surface area contributed by atoms with Crippen molar-refractivity contribution in [3.05, 3.63) is 0 Å². The molecule has 0 aromatic rings. The second-order valence-corrected chi connectivity index (χ2v) is 0.615. The van der Waals surface area contributed by atoms with Crippen LogP contribution in [0, 0.1) is 0 Å². The molecule has 8 heavy (non-hydrogen) atoms. The Labute approximate surface area is 57.9 Å². The van der Waals surface area contributed by atoms with Gasteiger partial charge in [0.15, 0.2) is 0 Å². The summed E-state index contributed by atoms with van der Waals surface area (Å²) in [5.41, 5.74) is 0. The molecule has 0 saturated carbocycles. The van der Waals surface area contributed by atoms with Gasteiger partial charge in [-0.1, -0.05) is 0 Å². The third-order valence-electron chi connectivity index (χ3n) is 0. The van der Waals surface area contributed by atoms with Crippen LogP contribution >= 0.6 is 0 Å². The van der Waals surface area contributed by atoms with Crippen LogP contribution in [0.15, 0.2) is 0 Å². The average Bonchev–Trinajstić information content (AvgIpc) is 1.75. The zero-order valence-corrected chi connectivity index (χ0v) is 6.22. The first-order chi connectivity index (χ1) is 3.83. The van der Waals surface area contributed by atoms with Gasteiger partial charge < -0.3 is 0 Å². The van der Waals surface area contributed by atoms with Gasteiger partial charge in [0.05, 0.1) is 0 Å². The third-order valence-corrected chi connectivity index (χ3v) is 0. The van der Waals surface area contributed by atoms with Gasteiger partial charge in [-0.2, -0.15) is 0 Å². The summed E-state index contributed by atoms with van der Waals surface area (Å²) in [6.07, 6.45) is 0. The number of hydrogen-bond acceptors (Lipinski definition) is 6. The standard InChI is InChI=1S/H2O2.4O.2V/c1-2;;;;;;/h1-2H;;;;;;. The monoisotopic (exact) mass is 200 g/mol. The summed E-state index contributed by atoms with van der Waals surface area (Å²) in [5, 5.41) is 12.0. The topological polar surface area (TPSA) is 109 Å². The van der Waals surface area contributed by atoms with E-state index in [2.05, 4.69) is 0 Å². The molecule has 0 atom stereocenters. The summed E-state index contributed by atoms with van der Waals surface area (Å²) in [4.78, 5) is 0. The molecule has 0 radical (unpaired) electrons. The molecule has 0 aromatic carbocycles. The number of rotatable bonds is 0. The van der Waals surface area contributed by atoms with Crippen molar-refractivity contribution in [2.45, 2.75) is 0 Å². The Hall–Kier alpha value is 0.289. The molecule has 8 heteroatoms. The van der Waals surface area contributed by atoms with Crippen LogP contribution in [0.4, 0.5) is 0 Å². The number of hydrogen-bond donors (Lipinski definition) is 2. The molecule has 0 rings (SSSR count). The fourth-order valence-corrected chi connectivity index (χ4v) is 0. The summed E-state index contributed by atoms with van der Waals surface area (Å²) >= 11 is -3.62. The molecule has 0 heterocycles. The molecule has 0 aliphatic heterocycles. The Balaban J connectivity index is -0.0000000483. The molecule has 48 valence electrons. The van der Waals surface area contributed by atoms with Crippen LogP contribution in [0.3, 0.4) is 0 Å². The zero-order valence-electron chi connectivity index (χ0n) is 3.42. The maximum atomic E-state index is 8.47. The van der Waals surface area contributed by atoms with Gasteiger partial charge in [-0.05, 0) is 0 Å². The van der Waals surface area contributed by atoms with Gasteiger partial charge in [-0.3, -0.25) is 10.5 Å². The van der Waals surface area contributed by atoms with Gasteiger partial charge in [-0.25, -0.2) is 0 Å². The maximum absolute atomic E-state index is 8.47. The first kappa shape index (κ1) is 15.7. The normalized spacial score (nSPS) is 2.75. The van der Waals surface area contributed by atoms with Gasteiger partial charge >= 0.3 is 47.1 Å². The first-order valence-electron chi connectivity index (χ1n) is 0.930. The Kier molecular flexibility index (Phi) is 108. The molecule has 0 bridgehead atoms. The van der Waals surface area contributed by atoms with Gasteiger partial charge in [-0.15, -0.1) is 0 Å². The van der Waals surface area contributed by atoms with Gasteiger partial charge in [0.2, 0.25) is 0 Å². The fourth-order valence-electron chi connectivity index (χ4n) is 0. The van der Waals surface area contributed by atoms with Crippen molar-refractivity contribution in [1.29, 1.82) is 0 Å². The molecule has 0 aromatic heterocycles. The van der Waals surface area contributed by atoms with Crippen molar-refractivity contribution in [2.75, 3.05) is 0 Å². The average molecular weight is 200 g/mol. The molecule has 0 fully saturated rings. The summed E-state index contributed by atoms with van der Waals surface area (Å²) in [5.74, 6) is 0. The molecule has 6 nitrogen and oxygen atoms in total. The van der Waals surface area contributed by atoms with E-state index in [1.54, 1.807) is 0 Å². The Morgan fingerprint density at radius 3 is 0.750 bits per heavy atom. The van der Waals surface area contributed by atoms with Gasteiger partial charge in [0, 0.05) is 0 Å². The Morgan fingerprint density at radius 2 is 0.750 bits per heavy atom. The fraction of sp³-hybridized carbons (Fsp3) is 0. The van der Waals surface area contributed by atoms with Crippen molar-refractivity contribution < 1.29 is 57.6 Å². The van der Waals surface area contributed by atoms with Crippen LogP contribution in [0.5, 0.6) is 0 Å². The van der Waals surface area contributed by atoms with Crippen LogP contribution in [0.2, 0.25) is 0 Å². The predicted octanol–water partition coefficient (Wildman–Crippen LogP) is -0.463. The minimum atomic E-state index is -1.81. The van der Waals surface area contributed by atoms with E-state index in [4.69, 9.17) is 25.2 Å². The summed E-state index contributed by atoms with van der Waals surface area (Å²) < 4.78 is 33.9. The Bertz CT molecular complexity index is 60.5. The summed E-state index contributed by atoms with van der Waals surface area (Å²) in [6, 6.07) is 0. The van der Waals surface area contributed by atoms with E-state index in [0.717, 1.165) is 0 Å². The predicted molar refractivity (Wildman–Crippen MR) is 8.00 cm³/mol. The van der Waals surface area contributed by atoms with Crippen molar-refractivity contribution >= 4 is 0 Å².